The highest BCUT2D eigenvalue weighted by molar-refractivity contribution is 8.13. The minimum Gasteiger partial charge on any atom is -0.373 e. The molecule has 0 saturated heterocycles. The molecule has 7 heteroatoms. The van der Waals surface area contributed by atoms with Gasteiger partial charge in [0.05, 0.1) is 4.90 Å². The lowest BCUT2D eigenvalue weighted by molar-refractivity contribution is 0.333. The van der Waals surface area contributed by atoms with E-state index in [4.69, 9.17) is 33.9 Å². The van der Waals surface area contributed by atoms with Gasteiger partial charge >= 0.3 is 0 Å². The Morgan fingerprint density at radius 3 is 2.62 bits per heavy atom. The van der Waals surface area contributed by atoms with Crippen LogP contribution in [0.15, 0.2) is 54.1 Å². The van der Waals surface area contributed by atoms with Crippen LogP contribution in [0.1, 0.15) is 22.6 Å². The van der Waals surface area contributed by atoms with Gasteiger partial charge in [-0.15, -0.1) is 0 Å². The summed E-state index contributed by atoms with van der Waals surface area (Å²) >= 11 is 12.5. The summed E-state index contributed by atoms with van der Waals surface area (Å²) in [6.07, 6.45) is 1.75. The number of nitrogens with zero attached hydrogens (tertiary/aromatic N) is 1. The van der Waals surface area contributed by atoms with Crippen LogP contribution in [0.3, 0.4) is 0 Å². The first kappa shape index (κ1) is 17.6. The molecule has 0 radical (unpaired) electrons. The van der Waals surface area contributed by atoms with Crippen molar-refractivity contribution in [3.63, 3.8) is 0 Å². The molecule has 1 heterocycles. The van der Waals surface area contributed by atoms with E-state index in [9.17, 15) is 8.42 Å². The molecule has 1 aliphatic rings. The van der Waals surface area contributed by atoms with Gasteiger partial charge < -0.3 is 4.90 Å². The molecular formula is C17H14Cl3NO2S. The quantitative estimate of drug-likeness (QED) is 0.677. The molecule has 0 amide bonds. The molecule has 0 saturated carbocycles. The van der Waals surface area contributed by atoms with Crippen molar-refractivity contribution in [1.29, 1.82) is 0 Å². The van der Waals surface area contributed by atoms with Crippen LogP contribution in [0, 0.1) is 0 Å². The predicted molar refractivity (Wildman–Crippen MR) is 98.4 cm³/mol. The zero-order chi connectivity index (χ0) is 17.5. The molecule has 126 valence electrons. The minimum atomic E-state index is -3.79. The monoisotopic (exact) mass is 401 g/mol. The smallest absolute Gasteiger partial charge is 0.261 e. The van der Waals surface area contributed by atoms with Crippen LogP contribution in [0.2, 0.25) is 10.0 Å². The maximum Gasteiger partial charge on any atom is 0.261 e. The third kappa shape index (κ3) is 3.42. The molecule has 0 aliphatic carbocycles. The van der Waals surface area contributed by atoms with E-state index in [-0.39, 0.29) is 10.8 Å². The fourth-order valence-electron chi connectivity index (χ4n) is 3.01. The van der Waals surface area contributed by atoms with Crippen LogP contribution in [-0.4, -0.2) is 19.9 Å². The molecular weight excluding hydrogens is 389 g/mol. The lowest BCUT2D eigenvalue weighted by Gasteiger charge is -2.35. The standard InChI is InChI=1S/C17H14Cl3NO2S/c1-2-21-9-15(11-4-3-5-13(6-11)24(20,22)23)14-7-12(18)8-17(19)16(14)10-21/h2-8,15H,1,9-10H2. The van der Waals surface area contributed by atoms with Gasteiger partial charge in [-0.25, -0.2) is 8.42 Å². The Kier molecular flexibility index (Phi) is 4.85. The molecule has 1 aliphatic heterocycles. The van der Waals surface area contributed by atoms with E-state index in [0.717, 1.165) is 16.7 Å². The normalized spacial score (nSPS) is 17.5. The van der Waals surface area contributed by atoms with E-state index < -0.39 is 9.05 Å². The summed E-state index contributed by atoms with van der Waals surface area (Å²) in [5.41, 5.74) is 2.80. The molecule has 2 aromatic carbocycles. The largest absolute Gasteiger partial charge is 0.373 e. The third-order valence-corrected chi connectivity index (χ3v) is 6.06. The van der Waals surface area contributed by atoms with Crippen molar-refractivity contribution in [3.05, 3.63) is 75.9 Å². The van der Waals surface area contributed by atoms with Gasteiger partial charge in [0.1, 0.15) is 0 Å². The second-order valence-electron chi connectivity index (χ2n) is 5.63. The predicted octanol–water partition coefficient (Wildman–Crippen LogP) is 5.01. The first-order valence-corrected chi connectivity index (χ1v) is 10.2. The van der Waals surface area contributed by atoms with Crippen molar-refractivity contribution in [2.45, 2.75) is 17.4 Å². The summed E-state index contributed by atoms with van der Waals surface area (Å²) in [6.45, 7) is 5.12. The SMILES string of the molecule is C=CN1Cc2c(Cl)cc(Cl)cc2C(c2cccc(S(=O)(=O)Cl)c2)C1. The van der Waals surface area contributed by atoms with Crippen LogP contribution in [0.4, 0.5) is 0 Å². The van der Waals surface area contributed by atoms with Gasteiger partial charge in [0, 0.05) is 39.7 Å². The van der Waals surface area contributed by atoms with E-state index in [1.54, 1.807) is 24.4 Å². The summed E-state index contributed by atoms with van der Waals surface area (Å²) in [6, 6.07) is 10.2. The highest BCUT2D eigenvalue weighted by Crippen LogP contribution is 2.39. The summed E-state index contributed by atoms with van der Waals surface area (Å²) in [4.78, 5) is 2.11. The van der Waals surface area contributed by atoms with Gasteiger partial charge in [0.2, 0.25) is 0 Å². The van der Waals surface area contributed by atoms with E-state index in [1.165, 1.54) is 6.07 Å². The van der Waals surface area contributed by atoms with Crippen molar-refractivity contribution in [3.8, 4) is 0 Å². The molecule has 0 bridgehead atoms. The Balaban J connectivity index is 2.17. The molecule has 24 heavy (non-hydrogen) atoms. The molecule has 3 nitrogen and oxygen atoms in total. The average molecular weight is 403 g/mol. The first-order valence-electron chi connectivity index (χ1n) is 7.18. The van der Waals surface area contributed by atoms with Crippen LogP contribution in [-0.2, 0) is 15.6 Å². The van der Waals surface area contributed by atoms with Crippen LogP contribution in [0.25, 0.3) is 0 Å². The molecule has 3 rings (SSSR count). The van der Waals surface area contributed by atoms with E-state index >= 15 is 0 Å². The topological polar surface area (TPSA) is 37.4 Å². The number of fused-ring (bicyclic) bond motifs is 1. The van der Waals surface area contributed by atoms with Crippen LogP contribution in [0.5, 0.6) is 0 Å². The first-order chi connectivity index (χ1) is 11.3. The van der Waals surface area contributed by atoms with Crippen molar-refractivity contribution in [1.82, 2.24) is 4.90 Å². The molecule has 0 spiro atoms. The summed E-state index contributed by atoms with van der Waals surface area (Å²) in [5.74, 6) is -0.0821. The highest BCUT2D eigenvalue weighted by atomic mass is 35.7. The lowest BCUT2D eigenvalue weighted by Crippen LogP contribution is -2.30. The van der Waals surface area contributed by atoms with Gasteiger partial charge in [-0.05, 0) is 47.2 Å². The Hall–Kier alpha value is -1.20. The zero-order valence-corrected chi connectivity index (χ0v) is 15.6. The third-order valence-electron chi connectivity index (χ3n) is 4.15. The van der Waals surface area contributed by atoms with Crippen molar-refractivity contribution < 1.29 is 8.42 Å². The maximum atomic E-state index is 11.6. The molecule has 1 atom stereocenters. The van der Waals surface area contributed by atoms with E-state index in [1.807, 2.05) is 17.0 Å². The fourth-order valence-corrected chi connectivity index (χ4v) is 4.38. The number of hydrogen-bond acceptors (Lipinski definition) is 3. The fraction of sp³-hybridized carbons (Fsp3) is 0.176. The number of benzene rings is 2. The van der Waals surface area contributed by atoms with Crippen molar-refractivity contribution >= 4 is 42.9 Å². The Morgan fingerprint density at radius 2 is 1.96 bits per heavy atom. The maximum absolute atomic E-state index is 11.6. The van der Waals surface area contributed by atoms with Gasteiger partial charge in [-0.3, -0.25) is 0 Å². The highest BCUT2D eigenvalue weighted by Gasteiger charge is 2.28. The summed E-state index contributed by atoms with van der Waals surface area (Å²) in [5, 5.41) is 1.15. The van der Waals surface area contributed by atoms with Crippen molar-refractivity contribution in [2.75, 3.05) is 6.54 Å². The van der Waals surface area contributed by atoms with Gasteiger partial charge in [-0.1, -0.05) is 41.9 Å². The minimum absolute atomic E-state index is 0.0760. The molecule has 0 aromatic heterocycles. The molecule has 1 unspecified atom stereocenters. The molecule has 0 fully saturated rings. The Morgan fingerprint density at radius 1 is 1.21 bits per heavy atom. The number of hydrogen-bond donors (Lipinski definition) is 0. The molecule has 2 aromatic rings. The average Bonchev–Trinajstić information content (AvgIpc) is 2.53. The number of rotatable bonds is 3. The molecule has 0 N–H and O–H groups in total. The van der Waals surface area contributed by atoms with E-state index in [0.29, 0.717) is 23.1 Å². The van der Waals surface area contributed by atoms with Gasteiger partial charge in [-0.2, -0.15) is 0 Å². The van der Waals surface area contributed by atoms with Gasteiger partial charge in [0.15, 0.2) is 0 Å². The van der Waals surface area contributed by atoms with E-state index in [2.05, 4.69) is 6.58 Å². The van der Waals surface area contributed by atoms with Gasteiger partial charge in [0.25, 0.3) is 9.05 Å². The van der Waals surface area contributed by atoms with Crippen LogP contribution < -0.4 is 0 Å². The Labute approximate surface area is 155 Å². The lowest BCUT2D eigenvalue weighted by atomic mass is 9.85. The zero-order valence-electron chi connectivity index (χ0n) is 12.5. The summed E-state index contributed by atoms with van der Waals surface area (Å²) < 4.78 is 23.3. The van der Waals surface area contributed by atoms with Crippen molar-refractivity contribution in [2.24, 2.45) is 0 Å². The summed E-state index contributed by atoms with van der Waals surface area (Å²) in [7, 11) is 1.69. The second-order valence-corrected chi connectivity index (χ2v) is 9.04. The van der Waals surface area contributed by atoms with Crippen LogP contribution >= 0.6 is 33.9 Å². The Bertz CT molecular complexity index is 912. The number of halogens is 3. The second kappa shape index (κ2) is 6.60.